The van der Waals surface area contributed by atoms with Crippen LogP contribution >= 0.6 is 0 Å². The maximum atomic E-state index is 11.8. The summed E-state index contributed by atoms with van der Waals surface area (Å²) in [6, 6.07) is 1.43. The van der Waals surface area contributed by atoms with Gasteiger partial charge >= 0.3 is 0 Å². The van der Waals surface area contributed by atoms with Crippen LogP contribution in [0.2, 0.25) is 0 Å². The molecule has 94 valence electrons. The first-order valence-electron chi connectivity index (χ1n) is 5.60. The number of aromatic nitrogens is 2. The fourth-order valence-corrected chi connectivity index (χ4v) is 1.33. The fourth-order valence-electron chi connectivity index (χ4n) is 1.33. The smallest absolute Gasteiger partial charge is 0.244 e. The van der Waals surface area contributed by atoms with Gasteiger partial charge in [-0.15, -0.1) is 0 Å². The zero-order valence-corrected chi connectivity index (χ0v) is 10.7. The number of carbonyl (C=O) groups excluding carboxylic acids is 1. The van der Waals surface area contributed by atoms with Crippen LogP contribution in [0.4, 0.5) is 11.8 Å². The van der Waals surface area contributed by atoms with Crippen molar-refractivity contribution in [2.45, 2.75) is 19.9 Å². The first kappa shape index (κ1) is 13.2. The molecule has 1 heterocycles. The first-order valence-corrected chi connectivity index (χ1v) is 5.60. The van der Waals surface area contributed by atoms with Crippen molar-refractivity contribution in [2.24, 2.45) is 0 Å². The van der Waals surface area contributed by atoms with Gasteiger partial charge in [0.25, 0.3) is 0 Å². The molecule has 0 aromatic carbocycles. The fraction of sp³-hybridized carbons (Fsp3) is 0.545. The third kappa shape index (κ3) is 3.58. The Bertz CT molecular complexity index is 382. The summed E-state index contributed by atoms with van der Waals surface area (Å²) in [5.41, 5.74) is 0. The Labute approximate surface area is 101 Å². The van der Waals surface area contributed by atoms with Crippen LogP contribution in [-0.4, -0.2) is 47.5 Å². The highest BCUT2D eigenvalue weighted by Crippen LogP contribution is 2.07. The predicted molar refractivity (Wildman–Crippen MR) is 68.0 cm³/mol. The molecule has 1 amide bonds. The van der Waals surface area contributed by atoms with E-state index in [1.165, 1.54) is 0 Å². The number of anilines is 2. The number of carbonyl (C=O) groups is 1. The molecule has 0 aliphatic rings. The normalized spacial score (nSPS) is 11.8. The minimum Gasteiger partial charge on any atom is -0.358 e. The number of nitrogens with zero attached hydrogens (tertiary/aromatic N) is 3. The molecular weight excluding hydrogens is 218 g/mol. The molecule has 0 aliphatic heterocycles. The van der Waals surface area contributed by atoms with Gasteiger partial charge < -0.3 is 15.5 Å². The average molecular weight is 237 g/mol. The Balaban J connectivity index is 2.67. The summed E-state index contributed by atoms with van der Waals surface area (Å²) >= 11 is 0. The molecule has 0 spiro atoms. The molecule has 2 N–H and O–H groups in total. The summed E-state index contributed by atoms with van der Waals surface area (Å²) in [5, 5.41) is 5.90. The van der Waals surface area contributed by atoms with Gasteiger partial charge in [-0.1, -0.05) is 0 Å². The highest BCUT2D eigenvalue weighted by Gasteiger charge is 2.16. The van der Waals surface area contributed by atoms with Crippen molar-refractivity contribution < 1.29 is 4.79 Å². The van der Waals surface area contributed by atoms with Crippen LogP contribution in [-0.2, 0) is 4.79 Å². The van der Waals surface area contributed by atoms with Gasteiger partial charge in [-0.2, -0.15) is 4.98 Å². The van der Waals surface area contributed by atoms with Crippen molar-refractivity contribution in [3.05, 3.63) is 12.3 Å². The van der Waals surface area contributed by atoms with Crippen LogP contribution in [0, 0.1) is 0 Å². The van der Waals surface area contributed by atoms with Crippen molar-refractivity contribution in [3.8, 4) is 0 Å². The van der Waals surface area contributed by atoms with Gasteiger partial charge in [-0.05, 0) is 19.9 Å². The van der Waals surface area contributed by atoms with Gasteiger partial charge in [-0.25, -0.2) is 4.98 Å². The minimum atomic E-state index is -0.306. The van der Waals surface area contributed by atoms with E-state index in [9.17, 15) is 4.79 Å². The second-order valence-electron chi connectivity index (χ2n) is 3.73. The molecule has 1 rings (SSSR count). The molecule has 0 bridgehead atoms. The third-order valence-corrected chi connectivity index (χ3v) is 2.46. The molecular formula is C11H19N5O. The summed E-state index contributed by atoms with van der Waals surface area (Å²) in [6.07, 6.45) is 1.64. The van der Waals surface area contributed by atoms with E-state index in [0.717, 1.165) is 0 Å². The Morgan fingerprint density at radius 3 is 2.88 bits per heavy atom. The molecule has 1 aromatic heterocycles. The van der Waals surface area contributed by atoms with E-state index >= 15 is 0 Å². The largest absolute Gasteiger partial charge is 0.358 e. The SMILES string of the molecule is CCN(C)C(=O)C(C)Nc1ccnc(NC)n1. The lowest BCUT2D eigenvalue weighted by Crippen LogP contribution is -2.39. The summed E-state index contributed by atoms with van der Waals surface area (Å²) < 4.78 is 0. The number of hydrogen-bond donors (Lipinski definition) is 2. The van der Waals surface area contributed by atoms with Crippen LogP contribution < -0.4 is 10.6 Å². The number of nitrogens with one attached hydrogen (secondary N) is 2. The summed E-state index contributed by atoms with van der Waals surface area (Å²) in [4.78, 5) is 21.7. The van der Waals surface area contributed by atoms with E-state index in [2.05, 4.69) is 20.6 Å². The molecule has 1 aromatic rings. The number of rotatable bonds is 5. The lowest BCUT2D eigenvalue weighted by molar-refractivity contribution is -0.130. The lowest BCUT2D eigenvalue weighted by Gasteiger charge is -2.20. The van der Waals surface area contributed by atoms with Crippen molar-refractivity contribution in [3.63, 3.8) is 0 Å². The van der Waals surface area contributed by atoms with Crippen LogP contribution in [0.5, 0.6) is 0 Å². The molecule has 0 radical (unpaired) electrons. The minimum absolute atomic E-state index is 0.0390. The molecule has 0 saturated carbocycles. The maximum absolute atomic E-state index is 11.8. The molecule has 17 heavy (non-hydrogen) atoms. The highest BCUT2D eigenvalue weighted by molar-refractivity contribution is 5.83. The standard InChI is InChI=1S/C11H19N5O/c1-5-16(4)10(17)8(2)14-9-6-7-13-11(12-3)15-9/h6-8H,5H2,1-4H3,(H2,12,13,14,15). The number of hydrogen-bond acceptors (Lipinski definition) is 5. The summed E-state index contributed by atoms with van der Waals surface area (Å²) in [7, 11) is 3.53. The zero-order chi connectivity index (χ0) is 12.8. The first-order chi connectivity index (χ1) is 8.08. The highest BCUT2D eigenvalue weighted by atomic mass is 16.2. The molecule has 0 saturated heterocycles. The maximum Gasteiger partial charge on any atom is 0.244 e. The Morgan fingerprint density at radius 1 is 1.59 bits per heavy atom. The van der Waals surface area contributed by atoms with Crippen LogP contribution in [0.1, 0.15) is 13.8 Å². The number of likely N-dealkylation sites (N-methyl/N-ethyl adjacent to an activating group) is 1. The van der Waals surface area contributed by atoms with E-state index in [1.807, 2.05) is 13.8 Å². The zero-order valence-electron chi connectivity index (χ0n) is 10.7. The van der Waals surface area contributed by atoms with Crippen LogP contribution in [0.15, 0.2) is 12.3 Å². The molecule has 0 aliphatic carbocycles. The molecule has 6 nitrogen and oxygen atoms in total. The van der Waals surface area contributed by atoms with E-state index in [0.29, 0.717) is 18.3 Å². The van der Waals surface area contributed by atoms with Crippen LogP contribution in [0.25, 0.3) is 0 Å². The second-order valence-corrected chi connectivity index (χ2v) is 3.73. The van der Waals surface area contributed by atoms with Gasteiger partial charge in [-0.3, -0.25) is 4.79 Å². The third-order valence-electron chi connectivity index (χ3n) is 2.46. The molecule has 0 fully saturated rings. The van der Waals surface area contributed by atoms with Crippen molar-refractivity contribution >= 4 is 17.7 Å². The number of amides is 1. The molecule has 1 atom stereocenters. The van der Waals surface area contributed by atoms with E-state index in [4.69, 9.17) is 0 Å². The van der Waals surface area contributed by atoms with Gasteiger partial charge in [0.1, 0.15) is 11.9 Å². The summed E-state index contributed by atoms with van der Waals surface area (Å²) in [6.45, 7) is 4.44. The predicted octanol–water partition coefficient (Wildman–Crippen LogP) is 0.797. The average Bonchev–Trinajstić information content (AvgIpc) is 2.37. The second kappa shape index (κ2) is 6.03. The topological polar surface area (TPSA) is 70.2 Å². The van der Waals surface area contributed by atoms with Crippen molar-refractivity contribution in [2.75, 3.05) is 31.3 Å². The van der Waals surface area contributed by atoms with E-state index < -0.39 is 0 Å². The Morgan fingerprint density at radius 2 is 2.29 bits per heavy atom. The van der Waals surface area contributed by atoms with Gasteiger partial charge in [0.15, 0.2) is 0 Å². The monoisotopic (exact) mass is 237 g/mol. The van der Waals surface area contributed by atoms with Gasteiger partial charge in [0, 0.05) is 26.8 Å². The molecule has 6 heteroatoms. The Kier molecular flexibility index (Phi) is 4.68. The van der Waals surface area contributed by atoms with E-state index in [1.54, 1.807) is 31.3 Å². The van der Waals surface area contributed by atoms with Gasteiger partial charge in [0.05, 0.1) is 0 Å². The quantitative estimate of drug-likeness (QED) is 0.792. The van der Waals surface area contributed by atoms with E-state index in [-0.39, 0.29) is 11.9 Å². The van der Waals surface area contributed by atoms with Crippen molar-refractivity contribution in [1.82, 2.24) is 14.9 Å². The van der Waals surface area contributed by atoms with Crippen LogP contribution in [0.3, 0.4) is 0 Å². The van der Waals surface area contributed by atoms with Gasteiger partial charge in [0.2, 0.25) is 11.9 Å². The lowest BCUT2D eigenvalue weighted by atomic mass is 10.3. The summed E-state index contributed by atoms with van der Waals surface area (Å²) in [5.74, 6) is 1.20. The van der Waals surface area contributed by atoms with Crippen molar-refractivity contribution in [1.29, 1.82) is 0 Å². The molecule has 1 unspecified atom stereocenters. The Hall–Kier alpha value is -1.85.